The molecule has 2 aromatic rings. The number of carbonyl (C=O) groups excluding carboxylic acids is 1. The molecule has 1 N–H and O–H groups in total. The van der Waals surface area contributed by atoms with Gasteiger partial charge in [0, 0.05) is 17.6 Å². The predicted octanol–water partition coefficient (Wildman–Crippen LogP) is 2.10. The Labute approximate surface area is 91.0 Å². The van der Waals surface area contributed by atoms with E-state index in [-0.39, 0.29) is 5.75 Å². The van der Waals surface area contributed by atoms with Gasteiger partial charge in [0.05, 0.1) is 25.3 Å². The van der Waals surface area contributed by atoms with Gasteiger partial charge in [-0.3, -0.25) is 0 Å². The van der Waals surface area contributed by atoms with E-state index in [0.29, 0.717) is 16.5 Å². The highest BCUT2D eigenvalue weighted by atomic mass is 19.1. The second-order valence-electron chi connectivity index (χ2n) is 3.23. The fourth-order valence-electron chi connectivity index (χ4n) is 1.56. The van der Waals surface area contributed by atoms with Crippen LogP contribution in [0.5, 0.6) is 5.75 Å². The number of aromatic amines is 1. The summed E-state index contributed by atoms with van der Waals surface area (Å²) in [5.74, 6) is -0.888. The molecule has 1 heterocycles. The lowest BCUT2D eigenvalue weighted by Crippen LogP contribution is -1.99. The first-order chi connectivity index (χ1) is 7.67. The third-order valence-electron chi connectivity index (χ3n) is 2.36. The first-order valence-corrected chi connectivity index (χ1v) is 4.60. The highest BCUT2D eigenvalue weighted by Crippen LogP contribution is 2.26. The summed E-state index contributed by atoms with van der Waals surface area (Å²) in [4.78, 5) is 14.2. The number of hydrogen-bond donors (Lipinski definition) is 1. The second kappa shape index (κ2) is 3.84. The number of aromatic nitrogens is 1. The van der Waals surface area contributed by atoms with E-state index in [9.17, 15) is 9.18 Å². The normalized spacial score (nSPS) is 10.4. The van der Waals surface area contributed by atoms with Gasteiger partial charge in [-0.1, -0.05) is 0 Å². The molecule has 0 radical (unpaired) electrons. The van der Waals surface area contributed by atoms with Gasteiger partial charge in [-0.05, 0) is 6.07 Å². The summed E-state index contributed by atoms with van der Waals surface area (Å²) in [5, 5.41) is 0.477. The van der Waals surface area contributed by atoms with Crippen molar-refractivity contribution in [2.45, 2.75) is 0 Å². The van der Waals surface area contributed by atoms with Gasteiger partial charge < -0.3 is 14.5 Å². The zero-order valence-corrected chi connectivity index (χ0v) is 8.83. The van der Waals surface area contributed by atoms with Crippen molar-refractivity contribution in [2.24, 2.45) is 0 Å². The molecular formula is C11H10FNO3. The fourth-order valence-corrected chi connectivity index (χ4v) is 1.56. The molecule has 0 saturated carbocycles. The van der Waals surface area contributed by atoms with Crippen LogP contribution in [0.3, 0.4) is 0 Å². The van der Waals surface area contributed by atoms with Crippen LogP contribution in [0.25, 0.3) is 10.9 Å². The summed E-state index contributed by atoms with van der Waals surface area (Å²) in [6.07, 6.45) is 1.48. The minimum absolute atomic E-state index is 0.130. The number of H-pyrrole nitrogens is 1. The van der Waals surface area contributed by atoms with Crippen LogP contribution in [0.15, 0.2) is 18.3 Å². The maximum atomic E-state index is 13.5. The summed E-state index contributed by atoms with van der Waals surface area (Å²) >= 11 is 0. The number of methoxy groups -OCH3 is 2. The lowest BCUT2D eigenvalue weighted by molar-refractivity contribution is 0.0603. The third-order valence-corrected chi connectivity index (χ3v) is 2.36. The molecule has 2 rings (SSSR count). The van der Waals surface area contributed by atoms with Crippen LogP contribution in [0.4, 0.5) is 4.39 Å². The molecule has 16 heavy (non-hydrogen) atoms. The van der Waals surface area contributed by atoms with Crippen molar-refractivity contribution in [1.29, 1.82) is 0 Å². The summed E-state index contributed by atoms with van der Waals surface area (Å²) < 4.78 is 22.9. The van der Waals surface area contributed by atoms with Gasteiger partial charge >= 0.3 is 5.97 Å². The predicted molar refractivity (Wildman–Crippen MR) is 56.1 cm³/mol. The van der Waals surface area contributed by atoms with Crippen LogP contribution in [-0.2, 0) is 4.74 Å². The van der Waals surface area contributed by atoms with E-state index in [1.807, 2.05) is 0 Å². The highest BCUT2D eigenvalue weighted by Gasteiger charge is 2.15. The number of carbonyl (C=O) groups is 1. The fraction of sp³-hybridized carbons (Fsp3) is 0.182. The Hall–Kier alpha value is -2.04. The van der Waals surface area contributed by atoms with Gasteiger partial charge in [0.15, 0.2) is 11.6 Å². The second-order valence-corrected chi connectivity index (χ2v) is 3.23. The zero-order chi connectivity index (χ0) is 11.7. The Morgan fingerprint density at radius 2 is 2.12 bits per heavy atom. The van der Waals surface area contributed by atoms with Crippen LogP contribution in [0.1, 0.15) is 10.4 Å². The van der Waals surface area contributed by atoms with E-state index in [4.69, 9.17) is 4.74 Å². The summed E-state index contributed by atoms with van der Waals surface area (Å²) in [6.45, 7) is 0. The van der Waals surface area contributed by atoms with Crippen molar-refractivity contribution in [3.63, 3.8) is 0 Å². The summed E-state index contributed by atoms with van der Waals surface area (Å²) in [5.41, 5.74) is 0.928. The van der Waals surface area contributed by atoms with Crippen molar-refractivity contribution >= 4 is 16.9 Å². The molecule has 0 aliphatic carbocycles. The van der Waals surface area contributed by atoms with Crippen molar-refractivity contribution < 1.29 is 18.7 Å². The van der Waals surface area contributed by atoms with E-state index >= 15 is 0 Å². The molecule has 4 nitrogen and oxygen atoms in total. The molecule has 0 atom stereocenters. The van der Waals surface area contributed by atoms with Gasteiger partial charge in [-0.15, -0.1) is 0 Å². The van der Waals surface area contributed by atoms with Gasteiger partial charge in [-0.25, -0.2) is 9.18 Å². The SMILES string of the molecule is COC(=O)c1c[nH]c2cc(OC)c(F)cc12. The van der Waals surface area contributed by atoms with E-state index < -0.39 is 11.8 Å². The molecule has 0 spiro atoms. The maximum Gasteiger partial charge on any atom is 0.340 e. The lowest BCUT2D eigenvalue weighted by Gasteiger charge is -2.02. The standard InChI is InChI=1S/C11H10FNO3/c1-15-10-4-9-6(3-8(10)12)7(5-13-9)11(14)16-2/h3-5,13H,1-2H3. The molecule has 5 heteroatoms. The first kappa shape index (κ1) is 10.5. The maximum absolute atomic E-state index is 13.5. The Kier molecular flexibility index (Phi) is 2.52. The molecule has 0 unspecified atom stereocenters. The molecule has 0 bridgehead atoms. The topological polar surface area (TPSA) is 51.3 Å². The van der Waals surface area contributed by atoms with Crippen LogP contribution in [0, 0.1) is 5.82 Å². The van der Waals surface area contributed by atoms with Gasteiger partial charge in [-0.2, -0.15) is 0 Å². The number of hydrogen-bond acceptors (Lipinski definition) is 3. The average Bonchev–Trinajstić information content (AvgIpc) is 2.69. The van der Waals surface area contributed by atoms with Crippen LogP contribution >= 0.6 is 0 Å². The van der Waals surface area contributed by atoms with Crippen molar-refractivity contribution in [2.75, 3.05) is 14.2 Å². The van der Waals surface area contributed by atoms with Crippen molar-refractivity contribution in [1.82, 2.24) is 4.98 Å². The molecule has 0 aliphatic heterocycles. The number of halogens is 1. The average molecular weight is 223 g/mol. The quantitative estimate of drug-likeness (QED) is 0.793. The number of nitrogens with one attached hydrogen (secondary N) is 1. The molecule has 1 aromatic carbocycles. The van der Waals surface area contributed by atoms with Crippen LogP contribution in [0.2, 0.25) is 0 Å². The Morgan fingerprint density at radius 1 is 1.38 bits per heavy atom. The number of ether oxygens (including phenoxy) is 2. The molecule has 84 valence electrons. The third kappa shape index (κ3) is 1.50. The summed E-state index contributed by atoms with van der Waals surface area (Å²) in [6, 6.07) is 2.74. The Bertz CT molecular complexity index is 547. The minimum atomic E-state index is -0.514. The van der Waals surface area contributed by atoms with E-state index in [2.05, 4.69) is 9.72 Å². The lowest BCUT2D eigenvalue weighted by atomic mass is 10.1. The highest BCUT2D eigenvalue weighted by molar-refractivity contribution is 6.04. The Morgan fingerprint density at radius 3 is 2.75 bits per heavy atom. The van der Waals surface area contributed by atoms with Gasteiger partial charge in [0.25, 0.3) is 0 Å². The molecular weight excluding hydrogens is 213 g/mol. The van der Waals surface area contributed by atoms with Crippen LogP contribution in [-0.4, -0.2) is 25.2 Å². The smallest absolute Gasteiger partial charge is 0.340 e. The number of esters is 1. The monoisotopic (exact) mass is 223 g/mol. The van der Waals surface area contributed by atoms with Crippen molar-refractivity contribution in [3.05, 3.63) is 29.7 Å². The number of rotatable bonds is 2. The molecule has 0 fully saturated rings. The van der Waals surface area contributed by atoms with E-state index in [0.717, 1.165) is 0 Å². The number of fused-ring (bicyclic) bond motifs is 1. The molecule has 0 aliphatic rings. The summed E-state index contributed by atoms with van der Waals surface area (Å²) in [7, 11) is 2.66. The number of benzene rings is 1. The zero-order valence-electron chi connectivity index (χ0n) is 8.83. The first-order valence-electron chi connectivity index (χ1n) is 4.60. The van der Waals surface area contributed by atoms with Crippen molar-refractivity contribution in [3.8, 4) is 5.75 Å². The van der Waals surface area contributed by atoms with Gasteiger partial charge in [0.2, 0.25) is 0 Å². The molecule has 1 aromatic heterocycles. The molecule has 0 amide bonds. The Balaban J connectivity index is 2.65. The minimum Gasteiger partial charge on any atom is -0.494 e. The van der Waals surface area contributed by atoms with Crippen LogP contribution < -0.4 is 4.74 Å². The largest absolute Gasteiger partial charge is 0.494 e. The molecule has 0 saturated heterocycles. The van der Waals surface area contributed by atoms with Gasteiger partial charge in [0.1, 0.15) is 0 Å². The van der Waals surface area contributed by atoms with E-state index in [1.165, 1.54) is 32.5 Å². The van der Waals surface area contributed by atoms with E-state index in [1.54, 1.807) is 0 Å².